The lowest BCUT2D eigenvalue weighted by Gasteiger charge is -2.26. The molecule has 1 spiro atoms. The Morgan fingerprint density at radius 3 is 2.70 bits per heavy atom. The topological polar surface area (TPSA) is 35.0 Å². The average molecular weight is 331 g/mol. The zero-order chi connectivity index (χ0) is 15.6. The average Bonchev–Trinajstić information content (AvgIpc) is 3.45. The third kappa shape index (κ3) is 2.27. The van der Waals surface area contributed by atoms with Crippen LogP contribution in [0.5, 0.6) is 0 Å². The Hall–Kier alpha value is -1.52. The molecule has 2 fully saturated rings. The van der Waals surface area contributed by atoms with Gasteiger partial charge >= 0.3 is 0 Å². The highest BCUT2D eigenvalue weighted by Crippen LogP contribution is 2.49. The van der Waals surface area contributed by atoms with E-state index in [9.17, 15) is 4.39 Å². The van der Waals surface area contributed by atoms with Crippen LogP contribution in [0.15, 0.2) is 18.2 Å². The summed E-state index contributed by atoms with van der Waals surface area (Å²) in [4.78, 5) is 0. The Morgan fingerprint density at radius 2 is 2.00 bits per heavy atom. The van der Waals surface area contributed by atoms with Crippen LogP contribution in [0.1, 0.15) is 48.3 Å². The number of nitrogens with zero attached hydrogens (tertiary/aromatic N) is 2. The number of aromatic nitrogens is 2. The maximum Gasteiger partial charge on any atom is 0.155 e. The van der Waals surface area contributed by atoms with Gasteiger partial charge in [0.2, 0.25) is 0 Å². The Balaban J connectivity index is 1.61. The molecule has 2 aliphatic carbocycles. The van der Waals surface area contributed by atoms with Crippen molar-refractivity contribution in [2.45, 2.75) is 50.2 Å². The summed E-state index contributed by atoms with van der Waals surface area (Å²) in [6, 6.07) is 5.47. The van der Waals surface area contributed by atoms with E-state index in [1.54, 1.807) is 6.07 Å². The first-order valence-corrected chi connectivity index (χ1v) is 8.51. The molecule has 3 nitrogen and oxygen atoms in total. The molecule has 1 aliphatic heterocycles. The predicted octanol–water partition coefficient (Wildman–Crippen LogP) is 4.42. The maximum absolute atomic E-state index is 14.6. The van der Waals surface area contributed by atoms with Crippen molar-refractivity contribution in [2.75, 3.05) is 0 Å². The van der Waals surface area contributed by atoms with Crippen LogP contribution < -0.4 is 0 Å². The number of rotatable bonds is 2. The fourth-order valence-electron chi connectivity index (χ4n) is 3.49. The minimum absolute atomic E-state index is 0.0503. The summed E-state index contributed by atoms with van der Waals surface area (Å²) in [6.07, 6.45) is 5.19. The molecule has 0 unspecified atom stereocenters. The summed E-state index contributed by atoms with van der Waals surface area (Å²) in [5.41, 5.74) is 3.96. The first-order valence-electron chi connectivity index (χ1n) is 8.13. The Kier molecular flexibility index (Phi) is 2.86. The molecule has 1 aromatic carbocycles. The van der Waals surface area contributed by atoms with E-state index in [0.717, 1.165) is 48.8 Å². The second kappa shape index (κ2) is 4.74. The van der Waals surface area contributed by atoms with Crippen LogP contribution in [0.4, 0.5) is 4.39 Å². The Bertz CT molecular complexity index is 815. The summed E-state index contributed by atoms with van der Waals surface area (Å²) >= 11 is 6.25. The minimum Gasteiger partial charge on any atom is -0.370 e. The van der Waals surface area contributed by atoms with E-state index in [1.165, 1.54) is 0 Å². The molecule has 2 aromatic rings. The number of ether oxygens (including phenoxy) is 1. The molecule has 0 N–H and O–H groups in total. The molecule has 0 radical (unpaired) electrons. The zero-order valence-corrected chi connectivity index (χ0v) is 13.4. The van der Waals surface area contributed by atoms with Gasteiger partial charge < -0.3 is 4.74 Å². The fraction of sp³-hybridized carbons (Fsp3) is 0.444. The summed E-state index contributed by atoms with van der Waals surface area (Å²) in [7, 11) is 0. The third-order valence-electron chi connectivity index (χ3n) is 5.26. The lowest BCUT2D eigenvalue weighted by molar-refractivity contribution is 0.00810. The fourth-order valence-corrected chi connectivity index (χ4v) is 3.71. The van der Waals surface area contributed by atoms with Crippen molar-refractivity contribution in [1.29, 1.82) is 0 Å². The first kappa shape index (κ1) is 13.9. The first-order chi connectivity index (χ1) is 11.2. The van der Waals surface area contributed by atoms with E-state index >= 15 is 0 Å². The van der Waals surface area contributed by atoms with Crippen molar-refractivity contribution in [3.63, 3.8) is 0 Å². The number of hydrogen-bond donors (Lipinski definition) is 0. The SMILES string of the molecule is Fc1cc(C2CC2)ccc1-c1nnc(Cl)c2c1COC1(CC1)C2. The van der Waals surface area contributed by atoms with Gasteiger partial charge in [-0.2, -0.15) is 0 Å². The zero-order valence-electron chi connectivity index (χ0n) is 12.6. The monoisotopic (exact) mass is 330 g/mol. The van der Waals surface area contributed by atoms with Gasteiger partial charge in [-0.05, 0) is 49.3 Å². The van der Waals surface area contributed by atoms with Crippen LogP contribution in [-0.2, 0) is 17.8 Å². The van der Waals surface area contributed by atoms with Crippen LogP contribution in [-0.4, -0.2) is 15.8 Å². The molecule has 0 atom stereocenters. The number of hydrogen-bond acceptors (Lipinski definition) is 3. The lowest BCUT2D eigenvalue weighted by Crippen LogP contribution is -2.25. The molecule has 23 heavy (non-hydrogen) atoms. The minimum atomic E-state index is -0.236. The number of halogens is 2. The van der Waals surface area contributed by atoms with Gasteiger partial charge in [-0.25, -0.2) is 4.39 Å². The second-order valence-corrected chi connectivity index (χ2v) is 7.32. The lowest BCUT2D eigenvalue weighted by atomic mass is 9.95. The normalized spacial score (nSPS) is 21.3. The maximum atomic E-state index is 14.6. The smallest absolute Gasteiger partial charge is 0.155 e. The molecular formula is C18H16ClFN2O. The number of fused-ring (bicyclic) bond motifs is 1. The van der Waals surface area contributed by atoms with E-state index in [-0.39, 0.29) is 11.4 Å². The highest BCUT2D eigenvalue weighted by molar-refractivity contribution is 6.30. The molecular weight excluding hydrogens is 315 g/mol. The molecule has 2 saturated carbocycles. The van der Waals surface area contributed by atoms with Gasteiger partial charge in [-0.15, -0.1) is 10.2 Å². The quantitative estimate of drug-likeness (QED) is 0.817. The van der Waals surface area contributed by atoms with Crippen molar-refractivity contribution in [1.82, 2.24) is 10.2 Å². The summed E-state index contributed by atoms with van der Waals surface area (Å²) < 4.78 is 20.6. The number of benzene rings is 1. The molecule has 2 heterocycles. The second-order valence-electron chi connectivity index (χ2n) is 6.96. The van der Waals surface area contributed by atoms with Crippen LogP contribution >= 0.6 is 11.6 Å². The third-order valence-corrected chi connectivity index (χ3v) is 5.57. The van der Waals surface area contributed by atoms with Crippen LogP contribution in [0, 0.1) is 5.82 Å². The van der Waals surface area contributed by atoms with Crippen LogP contribution in [0.3, 0.4) is 0 Å². The van der Waals surface area contributed by atoms with Crippen molar-refractivity contribution < 1.29 is 9.13 Å². The largest absolute Gasteiger partial charge is 0.370 e. The molecule has 118 valence electrons. The van der Waals surface area contributed by atoms with E-state index in [0.29, 0.717) is 28.9 Å². The van der Waals surface area contributed by atoms with Gasteiger partial charge in [0.05, 0.1) is 12.2 Å². The van der Waals surface area contributed by atoms with Gasteiger partial charge in [-0.1, -0.05) is 17.7 Å². The van der Waals surface area contributed by atoms with Crippen molar-refractivity contribution in [3.05, 3.63) is 45.9 Å². The van der Waals surface area contributed by atoms with E-state index in [2.05, 4.69) is 10.2 Å². The Morgan fingerprint density at radius 1 is 1.17 bits per heavy atom. The van der Waals surface area contributed by atoms with Crippen molar-refractivity contribution >= 4 is 11.6 Å². The molecule has 0 saturated heterocycles. The highest BCUT2D eigenvalue weighted by Gasteiger charge is 2.48. The van der Waals surface area contributed by atoms with Crippen molar-refractivity contribution in [2.24, 2.45) is 0 Å². The van der Waals surface area contributed by atoms with E-state index in [1.807, 2.05) is 12.1 Å². The molecule has 0 bridgehead atoms. The predicted molar refractivity (Wildman–Crippen MR) is 84.9 cm³/mol. The highest BCUT2D eigenvalue weighted by atomic mass is 35.5. The van der Waals surface area contributed by atoms with Gasteiger partial charge in [-0.3, -0.25) is 0 Å². The van der Waals surface area contributed by atoms with Gasteiger partial charge in [0, 0.05) is 23.1 Å². The van der Waals surface area contributed by atoms with Crippen LogP contribution in [0.2, 0.25) is 5.15 Å². The molecule has 1 aromatic heterocycles. The summed E-state index contributed by atoms with van der Waals surface area (Å²) in [6.45, 7) is 0.434. The molecule has 5 rings (SSSR count). The van der Waals surface area contributed by atoms with E-state index < -0.39 is 0 Å². The molecule has 3 aliphatic rings. The standard InChI is InChI=1S/C18H16ClFN2O/c19-17-13-8-18(5-6-18)23-9-14(13)16(21-22-17)12-4-3-11(7-15(12)20)10-1-2-10/h3-4,7,10H,1-2,5-6,8-9H2. The molecule has 5 heteroatoms. The van der Waals surface area contributed by atoms with Crippen molar-refractivity contribution in [3.8, 4) is 11.3 Å². The summed E-state index contributed by atoms with van der Waals surface area (Å²) in [5.74, 6) is 0.293. The van der Waals surface area contributed by atoms with E-state index in [4.69, 9.17) is 16.3 Å². The van der Waals surface area contributed by atoms with Gasteiger partial charge in [0.1, 0.15) is 11.5 Å². The van der Waals surface area contributed by atoms with Gasteiger partial charge in [0.15, 0.2) is 5.15 Å². The Labute approximate surface area is 138 Å². The van der Waals surface area contributed by atoms with Crippen LogP contribution in [0.25, 0.3) is 11.3 Å². The summed E-state index contributed by atoms with van der Waals surface area (Å²) in [5, 5.41) is 8.67. The molecule has 0 amide bonds. The van der Waals surface area contributed by atoms with Gasteiger partial charge in [0.25, 0.3) is 0 Å².